The van der Waals surface area contributed by atoms with Crippen molar-refractivity contribution >= 4 is 22.8 Å². The zero-order valence-corrected chi connectivity index (χ0v) is 15.0. The van der Waals surface area contributed by atoms with Gasteiger partial charge in [0.25, 0.3) is 0 Å². The molecule has 0 bridgehead atoms. The Morgan fingerprint density at radius 2 is 2.04 bits per heavy atom. The van der Waals surface area contributed by atoms with E-state index in [1.54, 1.807) is 6.07 Å². The highest BCUT2D eigenvalue weighted by atomic mass is 16.5. The van der Waals surface area contributed by atoms with Gasteiger partial charge in [0.05, 0.1) is 0 Å². The highest BCUT2D eigenvalue weighted by Crippen LogP contribution is 2.24. The molecule has 2 N–H and O–H groups in total. The molecule has 0 saturated carbocycles. The molecule has 1 aromatic carbocycles. The first-order chi connectivity index (χ1) is 11.9. The smallest absolute Gasteiger partial charge is 0.311 e. The zero-order valence-electron chi connectivity index (χ0n) is 15.0. The molecule has 25 heavy (non-hydrogen) atoms. The maximum atomic E-state index is 11.8. The number of ether oxygens (including phenoxy) is 1. The summed E-state index contributed by atoms with van der Waals surface area (Å²) in [5.41, 5.74) is 2.19. The van der Waals surface area contributed by atoms with Gasteiger partial charge in [0.2, 0.25) is 0 Å². The van der Waals surface area contributed by atoms with E-state index in [1.165, 1.54) is 5.56 Å². The number of nitrogens with zero attached hydrogens (tertiary/aromatic N) is 1. The fraction of sp³-hybridized carbons (Fsp3) is 0.474. The van der Waals surface area contributed by atoms with Crippen molar-refractivity contribution in [1.82, 2.24) is 9.88 Å². The molecule has 1 heterocycles. The van der Waals surface area contributed by atoms with E-state index < -0.39 is 11.9 Å². The van der Waals surface area contributed by atoms with Crippen molar-refractivity contribution in [3.63, 3.8) is 0 Å². The molecular formula is C19H26N2O4. The molecule has 6 nitrogen and oxygen atoms in total. The summed E-state index contributed by atoms with van der Waals surface area (Å²) < 4.78 is 5.34. The third-order valence-corrected chi connectivity index (χ3v) is 4.36. The summed E-state index contributed by atoms with van der Waals surface area (Å²) >= 11 is 0. The first-order valence-corrected chi connectivity index (χ1v) is 8.59. The largest absolute Gasteiger partial charge is 0.481 e. The van der Waals surface area contributed by atoms with Gasteiger partial charge in [-0.2, -0.15) is 0 Å². The van der Waals surface area contributed by atoms with Gasteiger partial charge in [-0.15, -0.1) is 0 Å². The number of aromatic amines is 1. The Balaban J connectivity index is 2.01. The van der Waals surface area contributed by atoms with Crippen LogP contribution in [-0.2, 0) is 16.0 Å². The first kappa shape index (κ1) is 19.0. The number of hydrogen-bond acceptors (Lipinski definition) is 4. The second kappa shape index (κ2) is 8.67. The Hall–Kier alpha value is -2.34. The van der Waals surface area contributed by atoms with E-state index in [2.05, 4.69) is 30.8 Å². The molecule has 2 aromatic rings. The van der Waals surface area contributed by atoms with Crippen molar-refractivity contribution in [3.8, 4) is 5.75 Å². The quantitative estimate of drug-likeness (QED) is 0.538. The lowest BCUT2D eigenvalue weighted by Crippen LogP contribution is -2.28. The molecule has 0 fully saturated rings. The molecule has 1 aromatic heterocycles. The van der Waals surface area contributed by atoms with Crippen LogP contribution in [0.1, 0.15) is 38.7 Å². The van der Waals surface area contributed by atoms with Gasteiger partial charge in [-0.1, -0.05) is 0 Å². The number of benzene rings is 1. The van der Waals surface area contributed by atoms with Crippen LogP contribution in [0.5, 0.6) is 5.75 Å². The summed E-state index contributed by atoms with van der Waals surface area (Å²) in [6, 6.07) is 6.00. The Kier molecular flexibility index (Phi) is 6.58. The number of nitrogens with one attached hydrogen (secondary N) is 1. The van der Waals surface area contributed by atoms with Gasteiger partial charge in [0.1, 0.15) is 5.75 Å². The molecule has 0 unspecified atom stereocenters. The van der Waals surface area contributed by atoms with Crippen LogP contribution < -0.4 is 4.74 Å². The topological polar surface area (TPSA) is 82.6 Å². The van der Waals surface area contributed by atoms with Crippen molar-refractivity contribution in [3.05, 3.63) is 30.0 Å². The van der Waals surface area contributed by atoms with Crippen molar-refractivity contribution in [2.75, 3.05) is 13.6 Å². The summed E-state index contributed by atoms with van der Waals surface area (Å²) in [5.74, 6) is -0.819. The van der Waals surface area contributed by atoms with Crippen molar-refractivity contribution < 1.29 is 19.4 Å². The molecule has 2 rings (SSSR count). The molecule has 6 heteroatoms. The Morgan fingerprint density at radius 1 is 1.28 bits per heavy atom. The second-order valence-corrected chi connectivity index (χ2v) is 6.57. The van der Waals surface area contributed by atoms with E-state index in [0.29, 0.717) is 11.8 Å². The minimum absolute atomic E-state index is 0.0283. The third kappa shape index (κ3) is 5.60. The molecule has 0 saturated heterocycles. The van der Waals surface area contributed by atoms with Gasteiger partial charge in [-0.3, -0.25) is 9.59 Å². The van der Waals surface area contributed by atoms with Gasteiger partial charge in [0, 0.05) is 42.5 Å². The SMILES string of the molecule is CC(C)N(C)CCc1c[nH]c2ccc(OC(=O)CCCC(=O)O)cc12. The van der Waals surface area contributed by atoms with Gasteiger partial charge in [0.15, 0.2) is 0 Å². The highest BCUT2D eigenvalue weighted by Gasteiger charge is 2.11. The summed E-state index contributed by atoms with van der Waals surface area (Å²) in [4.78, 5) is 27.8. The average molecular weight is 346 g/mol. The number of likely N-dealkylation sites (N-methyl/N-ethyl adjacent to an activating group) is 1. The maximum Gasteiger partial charge on any atom is 0.311 e. The first-order valence-electron chi connectivity index (χ1n) is 8.59. The van der Waals surface area contributed by atoms with Gasteiger partial charge in [-0.05, 0) is 57.5 Å². The predicted molar refractivity (Wildman–Crippen MR) is 96.9 cm³/mol. The highest BCUT2D eigenvalue weighted by molar-refractivity contribution is 5.85. The number of carboxylic acids is 1. The van der Waals surface area contributed by atoms with E-state index in [1.807, 2.05) is 18.3 Å². The lowest BCUT2D eigenvalue weighted by Gasteiger charge is -2.20. The number of rotatable bonds is 9. The van der Waals surface area contributed by atoms with Gasteiger partial charge >= 0.3 is 11.9 Å². The number of aliphatic carboxylic acids is 1. The van der Waals surface area contributed by atoms with E-state index in [-0.39, 0.29) is 19.3 Å². The van der Waals surface area contributed by atoms with E-state index in [0.717, 1.165) is 23.9 Å². The summed E-state index contributed by atoms with van der Waals surface area (Å²) in [6.45, 7) is 5.28. The molecule has 0 aliphatic heterocycles. The van der Waals surface area contributed by atoms with Crippen molar-refractivity contribution in [1.29, 1.82) is 0 Å². The van der Waals surface area contributed by atoms with Crippen LogP contribution in [0.25, 0.3) is 10.9 Å². The van der Waals surface area contributed by atoms with Crippen LogP contribution >= 0.6 is 0 Å². The Bertz CT molecular complexity index is 736. The summed E-state index contributed by atoms with van der Waals surface area (Å²) in [6.07, 6.45) is 3.26. The number of carbonyl (C=O) groups is 2. The molecule has 0 radical (unpaired) electrons. The third-order valence-electron chi connectivity index (χ3n) is 4.36. The van der Waals surface area contributed by atoms with E-state index in [4.69, 9.17) is 9.84 Å². The van der Waals surface area contributed by atoms with Gasteiger partial charge in [-0.25, -0.2) is 0 Å². The summed E-state index contributed by atoms with van der Waals surface area (Å²) in [5, 5.41) is 9.66. The lowest BCUT2D eigenvalue weighted by molar-refractivity contribution is -0.137. The van der Waals surface area contributed by atoms with Crippen LogP contribution in [0.2, 0.25) is 0 Å². The number of carbonyl (C=O) groups excluding carboxylic acids is 1. The average Bonchev–Trinajstić information content (AvgIpc) is 2.94. The number of carboxylic acid groups (broad SMARTS) is 1. The van der Waals surface area contributed by atoms with E-state index in [9.17, 15) is 9.59 Å². The van der Waals surface area contributed by atoms with E-state index >= 15 is 0 Å². The standard InChI is InChI=1S/C19H26N2O4/c1-13(2)21(3)10-9-14-12-20-17-8-7-15(11-16(14)17)25-19(24)6-4-5-18(22)23/h7-8,11-13,20H,4-6,9-10H2,1-3H3,(H,22,23). The van der Waals surface area contributed by atoms with Crippen molar-refractivity contribution in [2.45, 2.75) is 45.6 Å². The minimum Gasteiger partial charge on any atom is -0.481 e. The predicted octanol–water partition coefficient (Wildman–Crippen LogP) is 3.21. The number of hydrogen-bond donors (Lipinski definition) is 2. The van der Waals surface area contributed by atoms with Crippen LogP contribution in [0.4, 0.5) is 0 Å². The fourth-order valence-electron chi connectivity index (χ4n) is 2.55. The molecule has 0 aliphatic rings. The van der Waals surface area contributed by atoms with Crippen LogP contribution in [0.15, 0.2) is 24.4 Å². The Morgan fingerprint density at radius 3 is 2.72 bits per heavy atom. The Labute approximate surface area is 147 Å². The zero-order chi connectivity index (χ0) is 18.4. The number of fused-ring (bicyclic) bond motifs is 1. The lowest BCUT2D eigenvalue weighted by atomic mass is 10.1. The fourth-order valence-corrected chi connectivity index (χ4v) is 2.55. The van der Waals surface area contributed by atoms with Gasteiger partial charge < -0.3 is 19.7 Å². The molecule has 0 amide bonds. The molecular weight excluding hydrogens is 320 g/mol. The van der Waals surface area contributed by atoms with Crippen molar-refractivity contribution in [2.24, 2.45) is 0 Å². The van der Waals surface area contributed by atoms with Crippen LogP contribution in [0, 0.1) is 0 Å². The minimum atomic E-state index is -0.905. The summed E-state index contributed by atoms with van der Waals surface area (Å²) in [7, 11) is 2.10. The van der Waals surface area contributed by atoms with Crippen LogP contribution in [0.3, 0.4) is 0 Å². The number of aromatic nitrogens is 1. The number of H-pyrrole nitrogens is 1. The second-order valence-electron chi connectivity index (χ2n) is 6.57. The van der Waals surface area contributed by atoms with Crippen LogP contribution in [-0.4, -0.2) is 46.6 Å². The maximum absolute atomic E-state index is 11.8. The molecule has 136 valence electrons. The molecule has 0 atom stereocenters. The normalized spacial score (nSPS) is 11.4. The number of esters is 1. The monoisotopic (exact) mass is 346 g/mol. The molecule has 0 aliphatic carbocycles. The molecule has 0 spiro atoms.